The topological polar surface area (TPSA) is 66.4 Å². The van der Waals surface area contributed by atoms with E-state index in [1.54, 1.807) is 23.6 Å². The van der Waals surface area contributed by atoms with Gasteiger partial charge in [-0.1, -0.05) is 35.9 Å². The van der Waals surface area contributed by atoms with Crippen LogP contribution in [0.5, 0.6) is 0 Å². The van der Waals surface area contributed by atoms with E-state index in [9.17, 15) is 14.3 Å². The van der Waals surface area contributed by atoms with Crippen molar-refractivity contribution in [2.45, 2.75) is 12.6 Å². The third-order valence-corrected chi connectivity index (χ3v) is 6.95. The van der Waals surface area contributed by atoms with Gasteiger partial charge in [-0.05, 0) is 58.7 Å². The summed E-state index contributed by atoms with van der Waals surface area (Å²) in [6.45, 7) is 3.18. The second-order valence-electron chi connectivity index (χ2n) is 6.38. The van der Waals surface area contributed by atoms with E-state index < -0.39 is 18.9 Å². The minimum atomic E-state index is -3.74. The van der Waals surface area contributed by atoms with Crippen molar-refractivity contribution in [1.29, 1.82) is 0 Å². The Morgan fingerprint density at radius 3 is 2.74 bits per heavy atom. The molecule has 4 nitrogen and oxygen atoms in total. The molecule has 3 rings (SSSR count). The van der Waals surface area contributed by atoms with Gasteiger partial charge in [-0.3, -0.25) is 9.36 Å². The van der Waals surface area contributed by atoms with Crippen LogP contribution < -0.4 is 5.32 Å². The van der Waals surface area contributed by atoms with Gasteiger partial charge in [0.15, 0.2) is 0 Å². The summed E-state index contributed by atoms with van der Waals surface area (Å²) in [5.41, 5.74) is 1.39. The molecule has 0 radical (unpaired) electrons. The van der Waals surface area contributed by atoms with Gasteiger partial charge in [-0.2, -0.15) is 0 Å². The Morgan fingerprint density at radius 1 is 1.30 bits per heavy atom. The SMILES string of the molecule is Cc1ccccc1/C=C/NC(=O)C(c1csc2ccc(Cl)cc12)P(C)(=O)O. The second kappa shape index (κ2) is 7.99. The molecule has 0 bridgehead atoms. The van der Waals surface area contributed by atoms with E-state index in [4.69, 9.17) is 11.6 Å². The predicted octanol–water partition coefficient (Wildman–Crippen LogP) is 5.59. The van der Waals surface area contributed by atoms with Crippen LogP contribution in [0.3, 0.4) is 0 Å². The highest BCUT2D eigenvalue weighted by molar-refractivity contribution is 7.58. The molecular weight excluding hydrogens is 401 g/mol. The van der Waals surface area contributed by atoms with Crippen molar-refractivity contribution in [3.63, 3.8) is 0 Å². The number of benzene rings is 2. The molecule has 0 aliphatic rings. The quantitative estimate of drug-likeness (QED) is 0.529. The number of carbonyl (C=O) groups is 1. The lowest BCUT2D eigenvalue weighted by Gasteiger charge is -2.18. The van der Waals surface area contributed by atoms with Gasteiger partial charge in [0, 0.05) is 22.6 Å². The van der Waals surface area contributed by atoms with E-state index in [1.807, 2.05) is 37.3 Å². The van der Waals surface area contributed by atoms with Crippen molar-refractivity contribution in [3.05, 3.63) is 75.8 Å². The lowest BCUT2D eigenvalue weighted by atomic mass is 10.1. The van der Waals surface area contributed by atoms with E-state index in [2.05, 4.69) is 5.32 Å². The number of fused-ring (bicyclic) bond motifs is 1. The number of amides is 1. The van der Waals surface area contributed by atoms with Gasteiger partial charge in [-0.15, -0.1) is 11.3 Å². The average Bonchev–Trinajstić information content (AvgIpc) is 2.98. The highest BCUT2D eigenvalue weighted by atomic mass is 35.5. The number of hydrogen-bond donors (Lipinski definition) is 2. The minimum absolute atomic E-state index is 0.518. The van der Waals surface area contributed by atoms with Crippen LogP contribution in [0.4, 0.5) is 0 Å². The fourth-order valence-corrected chi connectivity index (χ4v) is 5.40. The molecule has 140 valence electrons. The third kappa shape index (κ3) is 4.50. The summed E-state index contributed by atoms with van der Waals surface area (Å²) in [5.74, 6) is -0.521. The molecule has 0 spiro atoms. The van der Waals surface area contributed by atoms with Crippen LogP contribution in [0, 0.1) is 6.92 Å². The Labute approximate surface area is 166 Å². The Morgan fingerprint density at radius 2 is 2.04 bits per heavy atom. The predicted molar refractivity (Wildman–Crippen MR) is 114 cm³/mol. The monoisotopic (exact) mass is 419 g/mol. The third-order valence-electron chi connectivity index (χ3n) is 4.26. The smallest absolute Gasteiger partial charge is 0.241 e. The molecule has 7 heteroatoms. The first-order valence-electron chi connectivity index (χ1n) is 8.26. The first-order valence-corrected chi connectivity index (χ1v) is 11.7. The maximum absolute atomic E-state index is 12.8. The summed E-state index contributed by atoms with van der Waals surface area (Å²) in [6, 6.07) is 13.1. The van der Waals surface area contributed by atoms with Gasteiger partial charge in [0.1, 0.15) is 5.66 Å². The number of nitrogens with one attached hydrogen (secondary N) is 1. The number of thiophene rings is 1. The lowest BCUT2D eigenvalue weighted by Crippen LogP contribution is -2.25. The highest BCUT2D eigenvalue weighted by Crippen LogP contribution is 2.54. The summed E-state index contributed by atoms with van der Waals surface area (Å²) < 4.78 is 13.4. The Kier molecular flexibility index (Phi) is 5.87. The zero-order valence-corrected chi connectivity index (χ0v) is 17.3. The summed E-state index contributed by atoms with van der Waals surface area (Å²) >= 11 is 7.49. The van der Waals surface area contributed by atoms with Crippen LogP contribution in [0.15, 0.2) is 54.0 Å². The zero-order valence-electron chi connectivity index (χ0n) is 14.8. The van der Waals surface area contributed by atoms with Crippen molar-refractivity contribution in [2.24, 2.45) is 0 Å². The molecule has 2 aromatic carbocycles. The van der Waals surface area contributed by atoms with Crippen LogP contribution in [0.1, 0.15) is 22.3 Å². The van der Waals surface area contributed by atoms with Crippen molar-refractivity contribution < 1.29 is 14.3 Å². The highest BCUT2D eigenvalue weighted by Gasteiger charge is 2.36. The van der Waals surface area contributed by atoms with Gasteiger partial charge in [0.05, 0.1) is 0 Å². The molecule has 0 aliphatic carbocycles. The number of rotatable bonds is 5. The molecule has 0 saturated carbocycles. The molecule has 3 aromatic rings. The van der Waals surface area contributed by atoms with Crippen LogP contribution >= 0.6 is 30.3 Å². The lowest BCUT2D eigenvalue weighted by molar-refractivity contribution is -0.120. The van der Waals surface area contributed by atoms with Gasteiger partial charge in [0.25, 0.3) is 0 Å². The molecule has 0 fully saturated rings. The maximum atomic E-state index is 12.8. The normalized spacial score (nSPS) is 15.0. The summed E-state index contributed by atoms with van der Waals surface area (Å²) in [6.07, 6.45) is 3.28. The number of hydrogen-bond acceptors (Lipinski definition) is 3. The molecule has 2 atom stereocenters. The maximum Gasteiger partial charge on any atom is 0.241 e. The number of halogens is 1. The largest absolute Gasteiger partial charge is 0.344 e. The Bertz CT molecular complexity index is 1070. The molecule has 2 N–H and O–H groups in total. The van der Waals surface area contributed by atoms with Crippen LogP contribution in [-0.2, 0) is 9.36 Å². The molecule has 1 amide bonds. The average molecular weight is 420 g/mol. The molecule has 2 unspecified atom stereocenters. The standard InChI is InChI=1S/C20H19ClNO3PS/c1-13-5-3-4-6-14(13)9-10-22-20(23)19(26(2,24)25)17-12-27-18-8-7-15(21)11-16(17)18/h3-12,19H,1-2H3,(H,22,23)(H,24,25)/b10-9+. The van der Waals surface area contributed by atoms with Gasteiger partial charge < -0.3 is 10.2 Å². The van der Waals surface area contributed by atoms with Crippen molar-refractivity contribution in [3.8, 4) is 0 Å². The molecule has 1 aromatic heterocycles. The molecule has 1 heterocycles. The Balaban J connectivity index is 1.91. The molecule has 0 aliphatic heterocycles. The fourth-order valence-electron chi connectivity index (χ4n) is 2.92. The van der Waals surface area contributed by atoms with E-state index in [0.29, 0.717) is 10.6 Å². The van der Waals surface area contributed by atoms with E-state index in [-0.39, 0.29) is 0 Å². The van der Waals surface area contributed by atoms with Crippen molar-refractivity contribution in [2.75, 3.05) is 6.66 Å². The van der Waals surface area contributed by atoms with Gasteiger partial charge in [-0.25, -0.2) is 0 Å². The van der Waals surface area contributed by atoms with E-state index in [0.717, 1.165) is 21.2 Å². The van der Waals surface area contributed by atoms with Gasteiger partial charge >= 0.3 is 0 Å². The first-order chi connectivity index (χ1) is 12.8. The molecule has 27 heavy (non-hydrogen) atoms. The Hall–Kier alpha value is -1.91. The summed E-state index contributed by atoms with van der Waals surface area (Å²) in [7, 11) is -3.74. The minimum Gasteiger partial charge on any atom is -0.344 e. The van der Waals surface area contributed by atoms with E-state index >= 15 is 0 Å². The second-order valence-corrected chi connectivity index (χ2v) is 10.1. The summed E-state index contributed by atoms with van der Waals surface area (Å²) in [4.78, 5) is 23.0. The summed E-state index contributed by atoms with van der Waals surface area (Å²) in [5, 5.41) is 5.65. The van der Waals surface area contributed by atoms with Crippen LogP contribution in [-0.4, -0.2) is 17.5 Å². The fraction of sp³-hybridized carbons (Fsp3) is 0.150. The zero-order chi connectivity index (χ0) is 19.6. The van der Waals surface area contributed by atoms with Crippen LogP contribution in [0.25, 0.3) is 16.2 Å². The number of aryl methyl sites for hydroxylation is 1. The number of carbonyl (C=O) groups excluding carboxylic acids is 1. The van der Waals surface area contributed by atoms with Gasteiger partial charge in [0.2, 0.25) is 13.3 Å². The van der Waals surface area contributed by atoms with Crippen molar-refractivity contribution in [1.82, 2.24) is 5.32 Å². The molecular formula is C20H19ClNO3PS. The van der Waals surface area contributed by atoms with E-state index in [1.165, 1.54) is 24.2 Å². The van der Waals surface area contributed by atoms with Crippen LogP contribution in [0.2, 0.25) is 5.02 Å². The molecule has 0 saturated heterocycles. The first kappa shape index (κ1) is 19.8. The van der Waals surface area contributed by atoms with Crippen molar-refractivity contribution >= 4 is 52.4 Å².